The fourth-order valence-electron chi connectivity index (χ4n) is 2.42. The van der Waals surface area contributed by atoms with Gasteiger partial charge in [-0.05, 0) is 18.3 Å². The van der Waals surface area contributed by atoms with E-state index < -0.39 is 0 Å². The predicted molar refractivity (Wildman–Crippen MR) is 51.3 cm³/mol. The largest absolute Gasteiger partial charge is 0.303 e. The van der Waals surface area contributed by atoms with E-state index in [1.807, 2.05) is 20.8 Å². The van der Waals surface area contributed by atoms with E-state index in [4.69, 9.17) is 0 Å². The van der Waals surface area contributed by atoms with Crippen molar-refractivity contribution in [3.8, 4) is 0 Å². The minimum absolute atomic E-state index is 0.0197. The molecule has 0 aromatic carbocycles. The molecule has 13 heavy (non-hydrogen) atoms. The minimum atomic E-state index is -0.0313. The Balaban J connectivity index is 2.77. The normalized spacial score (nSPS) is 35.1. The third-order valence-corrected chi connectivity index (χ3v) is 2.95. The molecule has 0 aromatic heterocycles. The third kappa shape index (κ3) is 2.17. The van der Waals surface area contributed by atoms with Gasteiger partial charge in [0.2, 0.25) is 0 Å². The van der Waals surface area contributed by atoms with E-state index in [2.05, 4.69) is 0 Å². The molecular formula is C11H18O2. The van der Waals surface area contributed by atoms with E-state index in [9.17, 15) is 9.59 Å². The molecule has 0 saturated heterocycles. The highest BCUT2D eigenvalue weighted by atomic mass is 16.1. The second kappa shape index (κ2) is 4.03. The lowest BCUT2D eigenvalue weighted by Gasteiger charge is -2.32. The summed E-state index contributed by atoms with van der Waals surface area (Å²) in [5.41, 5.74) is 0. The summed E-state index contributed by atoms with van der Waals surface area (Å²) in [6.07, 6.45) is 2.52. The van der Waals surface area contributed by atoms with Crippen molar-refractivity contribution in [2.75, 3.05) is 0 Å². The zero-order chi connectivity index (χ0) is 10.0. The highest BCUT2D eigenvalue weighted by Gasteiger charge is 2.36. The maximum Gasteiger partial charge on any atom is 0.137 e. The standard InChI is InChI=1S/C11H18O2/c1-7(2)11-9(6-12)4-8(3)5-10(11)13/h6-9,11H,4-5H2,1-3H3. The number of Topliss-reactive ketones (excluding diaryl/α,β-unsaturated/α-hetero) is 1. The van der Waals surface area contributed by atoms with E-state index in [1.54, 1.807) is 0 Å². The summed E-state index contributed by atoms with van der Waals surface area (Å²) in [5, 5.41) is 0. The fourth-order valence-corrected chi connectivity index (χ4v) is 2.42. The highest BCUT2D eigenvalue weighted by molar-refractivity contribution is 5.85. The molecule has 1 fully saturated rings. The first kappa shape index (κ1) is 10.4. The van der Waals surface area contributed by atoms with Crippen molar-refractivity contribution in [3.63, 3.8) is 0 Å². The second-order valence-corrected chi connectivity index (χ2v) is 4.58. The van der Waals surface area contributed by atoms with Gasteiger partial charge in [0, 0.05) is 18.3 Å². The van der Waals surface area contributed by atoms with Gasteiger partial charge < -0.3 is 4.79 Å². The Morgan fingerprint density at radius 1 is 1.46 bits per heavy atom. The summed E-state index contributed by atoms with van der Waals surface area (Å²) in [6.45, 7) is 6.09. The maximum absolute atomic E-state index is 11.7. The van der Waals surface area contributed by atoms with E-state index >= 15 is 0 Å². The van der Waals surface area contributed by atoms with E-state index in [0.29, 0.717) is 18.3 Å². The van der Waals surface area contributed by atoms with Gasteiger partial charge in [-0.3, -0.25) is 4.79 Å². The summed E-state index contributed by atoms with van der Waals surface area (Å²) in [6, 6.07) is 0. The Labute approximate surface area is 79.7 Å². The molecule has 1 saturated carbocycles. The number of carbonyl (C=O) groups is 2. The van der Waals surface area contributed by atoms with Crippen LogP contribution in [0.3, 0.4) is 0 Å². The van der Waals surface area contributed by atoms with Gasteiger partial charge in [-0.15, -0.1) is 0 Å². The molecule has 2 nitrogen and oxygen atoms in total. The van der Waals surface area contributed by atoms with Gasteiger partial charge in [-0.2, -0.15) is 0 Å². The summed E-state index contributed by atoms with van der Waals surface area (Å²) in [7, 11) is 0. The number of hydrogen-bond acceptors (Lipinski definition) is 2. The first-order valence-electron chi connectivity index (χ1n) is 5.04. The molecule has 1 aliphatic rings. The molecule has 0 bridgehead atoms. The Morgan fingerprint density at radius 3 is 2.54 bits per heavy atom. The lowest BCUT2D eigenvalue weighted by molar-refractivity contribution is -0.134. The molecule has 2 heteroatoms. The summed E-state index contributed by atoms with van der Waals surface area (Å²) in [5.74, 6) is 0.920. The van der Waals surface area contributed by atoms with E-state index in [0.717, 1.165) is 12.7 Å². The van der Waals surface area contributed by atoms with Gasteiger partial charge in [-0.1, -0.05) is 20.8 Å². The molecule has 0 aliphatic heterocycles. The average molecular weight is 182 g/mol. The van der Waals surface area contributed by atoms with Crippen LogP contribution in [-0.2, 0) is 9.59 Å². The topological polar surface area (TPSA) is 34.1 Å². The van der Waals surface area contributed by atoms with Crippen molar-refractivity contribution in [3.05, 3.63) is 0 Å². The van der Waals surface area contributed by atoms with Crippen molar-refractivity contribution < 1.29 is 9.59 Å². The van der Waals surface area contributed by atoms with Gasteiger partial charge in [0.25, 0.3) is 0 Å². The van der Waals surface area contributed by atoms with Crippen LogP contribution in [0.5, 0.6) is 0 Å². The molecule has 3 unspecified atom stereocenters. The molecule has 0 spiro atoms. The number of hydrogen-bond donors (Lipinski definition) is 0. The molecular weight excluding hydrogens is 164 g/mol. The summed E-state index contributed by atoms with van der Waals surface area (Å²) in [4.78, 5) is 22.5. The Bertz CT molecular complexity index is 208. The number of aldehydes is 1. The molecule has 3 atom stereocenters. The molecule has 1 rings (SSSR count). The SMILES string of the molecule is CC1CC(=O)C(C(C)C)C(C=O)C1. The van der Waals surface area contributed by atoms with Gasteiger partial charge in [0.1, 0.15) is 12.1 Å². The Hall–Kier alpha value is -0.660. The Morgan fingerprint density at radius 2 is 2.08 bits per heavy atom. The monoisotopic (exact) mass is 182 g/mol. The van der Waals surface area contributed by atoms with Crippen LogP contribution in [0.25, 0.3) is 0 Å². The highest BCUT2D eigenvalue weighted by Crippen LogP contribution is 2.34. The molecule has 0 N–H and O–H groups in total. The van der Waals surface area contributed by atoms with Crippen LogP contribution in [0, 0.1) is 23.7 Å². The maximum atomic E-state index is 11.7. The van der Waals surface area contributed by atoms with Gasteiger partial charge in [-0.25, -0.2) is 0 Å². The molecule has 0 amide bonds. The molecule has 1 aliphatic carbocycles. The Kier molecular flexibility index (Phi) is 3.23. The molecule has 0 radical (unpaired) electrons. The van der Waals surface area contributed by atoms with Crippen LogP contribution in [0.15, 0.2) is 0 Å². The van der Waals surface area contributed by atoms with Crippen molar-refractivity contribution in [1.82, 2.24) is 0 Å². The third-order valence-electron chi connectivity index (χ3n) is 2.95. The van der Waals surface area contributed by atoms with E-state index in [1.165, 1.54) is 0 Å². The van der Waals surface area contributed by atoms with Crippen molar-refractivity contribution in [2.24, 2.45) is 23.7 Å². The zero-order valence-corrected chi connectivity index (χ0v) is 8.62. The van der Waals surface area contributed by atoms with Crippen molar-refractivity contribution in [1.29, 1.82) is 0 Å². The summed E-state index contributed by atoms with van der Waals surface area (Å²) < 4.78 is 0. The van der Waals surface area contributed by atoms with Crippen molar-refractivity contribution in [2.45, 2.75) is 33.6 Å². The lowest BCUT2D eigenvalue weighted by atomic mass is 9.70. The number of rotatable bonds is 2. The van der Waals surface area contributed by atoms with Crippen LogP contribution < -0.4 is 0 Å². The smallest absolute Gasteiger partial charge is 0.137 e. The van der Waals surface area contributed by atoms with Crippen LogP contribution in [0.1, 0.15) is 33.6 Å². The van der Waals surface area contributed by atoms with Crippen LogP contribution in [-0.4, -0.2) is 12.1 Å². The molecule has 0 heterocycles. The van der Waals surface area contributed by atoms with Crippen LogP contribution in [0.4, 0.5) is 0 Å². The zero-order valence-electron chi connectivity index (χ0n) is 8.62. The van der Waals surface area contributed by atoms with Gasteiger partial charge in [0.15, 0.2) is 0 Å². The van der Waals surface area contributed by atoms with E-state index in [-0.39, 0.29) is 17.6 Å². The molecule has 74 valence electrons. The van der Waals surface area contributed by atoms with Crippen molar-refractivity contribution >= 4 is 12.1 Å². The minimum Gasteiger partial charge on any atom is -0.303 e. The fraction of sp³-hybridized carbons (Fsp3) is 0.818. The lowest BCUT2D eigenvalue weighted by Crippen LogP contribution is -2.36. The summed E-state index contributed by atoms with van der Waals surface area (Å²) >= 11 is 0. The number of carbonyl (C=O) groups excluding carboxylic acids is 2. The second-order valence-electron chi connectivity index (χ2n) is 4.58. The quantitative estimate of drug-likeness (QED) is 0.613. The van der Waals surface area contributed by atoms with Crippen LogP contribution >= 0.6 is 0 Å². The van der Waals surface area contributed by atoms with Gasteiger partial charge in [0.05, 0.1) is 0 Å². The average Bonchev–Trinajstić information content (AvgIpc) is 2.01. The first-order valence-corrected chi connectivity index (χ1v) is 5.04. The first-order chi connectivity index (χ1) is 6.06. The number of ketones is 1. The van der Waals surface area contributed by atoms with Crippen LogP contribution in [0.2, 0.25) is 0 Å². The predicted octanol–water partition coefficient (Wildman–Crippen LogP) is 2.07. The van der Waals surface area contributed by atoms with Gasteiger partial charge >= 0.3 is 0 Å². The molecule has 0 aromatic rings.